The molecule has 2 aromatic heterocycles. The fourth-order valence-electron chi connectivity index (χ4n) is 3.42. The Morgan fingerprint density at radius 3 is 2.81 bits per heavy atom. The minimum atomic E-state index is 0.245. The third-order valence-corrected chi connectivity index (χ3v) is 4.71. The summed E-state index contributed by atoms with van der Waals surface area (Å²) in [5.41, 5.74) is 5.12. The molecule has 27 heavy (non-hydrogen) atoms. The minimum Gasteiger partial charge on any atom is -0.454 e. The molecule has 0 saturated heterocycles. The van der Waals surface area contributed by atoms with E-state index in [4.69, 9.17) is 14.5 Å². The molecule has 2 aromatic carbocycles. The van der Waals surface area contributed by atoms with Gasteiger partial charge in [0.05, 0.1) is 24.0 Å². The first-order valence-corrected chi connectivity index (χ1v) is 8.87. The first-order chi connectivity index (χ1) is 13.4. The van der Waals surface area contributed by atoms with E-state index in [2.05, 4.69) is 32.7 Å². The molecule has 1 N–H and O–H groups in total. The molecule has 4 aromatic rings. The number of fused-ring (bicyclic) bond motifs is 1. The van der Waals surface area contributed by atoms with Gasteiger partial charge in [0.25, 0.3) is 0 Å². The van der Waals surface area contributed by atoms with Crippen LogP contribution in [0.1, 0.15) is 5.69 Å². The number of hydrogen-bond acceptors (Lipinski definition) is 4. The van der Waals surface area contributed by atoms with Crippen LogP contribution >= 0.6 is 0 Å². The number of hydrogen-bond donors (Lipinski definition) is 1. The largest absolute Gasteiger partial charge is 0.454 e. The molecule has 0 fully saturated rings. The summed E-state index contributed by atoms with van der Waals surface area (Å²) in [5.74, 6) is 1.55. The molecule has 134 valence electrons. The van der Waals surface area contributed by atoms with E-state index >= 15 is 0 Å². The molecule has 0 radical (unpaired) electrons. The lowest BCUT2D eigenvalue weighted by Gasteiger charge is -2.12. The molecule has 0 bridgehead atoms. The maximum absolute atomic E-state index is 5.77. The van der Waals surface area contributed by atoms with Gasteiger partial charge >= 0.3 is 0 Å². The molecule has 3 heterocycles. The first kappa shape index (κ1) is 15.7. The maximum Gasteiger partial charge on any atom is 0.231 e. The second-order valence-electron chi connectivity index (χ2n) is 6.37. The smallest absolute Gasteiger partial charge is 0.231 e. The van der Waals surface area contributed by atoms with Gasteiger partial charge in [0.15, 0.2) is 11.5 Å². The summed E-state index contributed by atoms with van der Waals surface area (Å²) >= 11 is 0. The SMILES string of the molecule is c1ccc(-c2ncn(CCc3cnc[nH]3)c2-c2cccc3c2OCO3)cc1. The van der Waals surface area contributed by atoms with Crippen molar-refractivity contribution in [3.8, 4) is 34.0 Å². The third-order valence-electron chi connectivity index (χ3n) is 4.71. The summed E-state index contributed by atoms with van der Waals surface area (Å²) in [5, 5.41) is 0. The number of nitrogens with zero attached hydrogens (tertiary/aromatic N) is 3. The Hall–Kier alpha value is -3.54. The van der Waals surface area contributed by atoms with Gasteiger partial charge in [-0.2, -0.15) is 0 Å². The summed E-state index contributed by atoms with van der Waals surface area (Å²) in [6.07, 6.45) is 6.29. The first-order valence-electron chi connectivity index (χ1n) is 8.87. The van der Waals surface area contributed by atoms with Crippen LogP contribution in [0.25, 0.3) is 22.5 Å². The van der Waals surface area contributed by atoms with Crippen molar-refractivity contribution in [2.45, 2.75) is 13.0 Å². The van der Waals surface area contributed by atoms with Crippen LogP contribution in [0.5, 0.6) is 11.5 Å². The molecule has 1 aliphatic rings. The molecule has 0 saturated carbocycles. The van der Waals surface area contributed by atoms with Gasteiger partial charge in [0.1, 0.15) is 0 Å². The van der Waals surface area contributed by atoms with Crippen molar-refractivity contribution >= 4 is 0 Å². The number of aromatic amines is 1. The molecule has 6 nitrogen and oxygen atoms in total. The van der Waals surface area contributed by atoms with Crippen molar-refractivity contribution in [3.63, 3.8) is 0 Å². The summed E-state index contributed by atoms with van der Waals surface area (Å²) in [6, 6.07) is 16.2. The topological polar surface area (TPSA) is 65.0 Å². The van der Waals surface area contributed by atoms with Crippen molar-refractivity contribution < 1.29 is 9.47 Å². The quantitative estimate of drug-likeness (QED) is 0.587. The predicted molar refractivity (Wildman–Crippen MR) is 102 cm³/mol. The average molecular weight is 358 g/mol. The number of imidazole rings is 2. The number of benzene rings is 2. The van der Waals surface area contributed by atoms with E-state index in [-0.39, 0.29) is 6.79 Å². The molecule has 0 unspecified atom stereocenters. The molecule has 0 atom stereocenters. The van der Waals surface area contributed by atoms with E-state index < -0.39 is 0 Å². The van der Waals surface area contributed by atoms with Crippen molar-refractivity contribution in [1.82, 2.24) is 19.5 Å². The van der Waals surface area contributed by atoms with Crippen molar-refractivity contribution in [2.75, 3.05) is 6.79 Å². The monoisotopic (exact) mass is 358 g/mol. The highest BCUT2D eigenvalue weighted by atomic mass is 16.7. The fraction of sp³-hybridized carbons (Fsp3) is 0.143. The van der Waals surface area contributed by atoms with Gasteiger partial charge in [-0.15, -0.1) is 0 Å². The Morgan fingerprint density at radius 1 is 1.04 bits per heavy atom. The van der Waals surface area contributed by atoms with E-state index in [1.165, 1.54) is 0 Å². The van der Waals surface area contributed by atoms with Gasteiger partial charge in [-0.25, -0.2) is 9.97 Å². The lowest BCUT2D eigenvalue weighted by molar-refractivity contribution is 0.174. The van der Waals surface area contributed by atoms with E-state index in [9.17, 15) is 0 Å². The molecule has 0 aliphatic carbocycles. The van der Waals surface area contributed by atoms with Gasteiger partial charge in [0.2, 0.25) is 6.79 Å². The van der Waals surface area contributed by atoms with Crippen LogP contribution in [0.15, 0.2) is 67.4 Å². The Morgan fingerprint density at radius 2 is 1.96 bits per heavy atom. The third kappa shape index (κ3) is 2.85. The molecule has 1 aliphatic heterocycles. The summed E-state index contributed by atoms with van der Waals surface area (Å²) in [6.45, 7) is 1.02. The van der Waals surface area contributed by atoms with Crippen LogP contribution in [0.2, 0.25) is 0 Å². The zero-order valence-electron chi connectivity index (χ0n) is 14.6. The number of para-hydroxylation sites is 1. The van der Waals surface area contributed by atoms with Gasteiger partial charge < -0.3 is 19.0 Å². The average Bonchev–Trinajstić information content (AvgIpc) is 3.46. The Balaban J connectivity index is 1.62. The van der Waals surface area contributed by atoms with E-state index in [0.29, 0.717) is 0 Å². The highest BCUT2D eigenvalue weighted by molar-refractivity contribution is 5.83. The van der Waals surface area contributed by atoms with Crippen LogP contribution in [0.3, 0.4) is 0 Å². The second-order valence-corrected chi connectivity index (χ2v) is 6.37. The standard InChI is InChI=1S/C21H18N4O2/c1-2-5-15(6-3-1)19-20(17-7-4-8-18-21(17)27-14-26-18)25(13-24-19)10-9-16-11-22-12-23-16/h1-8,11-13H,9-10,14H2,(H,22,23). The number of aromatic nitrogens is 4. The lowest BCUT2D eigenvalue weighted by Crippen LogP contribution is -2.03. The van der Waals surface area contributed by atoms with Crippen molar-refractivity contribution in [1.29, 1.82) is 0 Å². The van der Waals surface area contributed by atoms with Crippen molar-refractivity contribution in [2.24, 2.45) is 0 Å². The number of aryl methyl sites for hydroxylation is 2. The lowest BCUT2D eigenvalue weighted by atomic mass is 10.0. The maximum atomic E-state index is 5.77. The van der Waals surface area contributed by atoms with Gasteiger partial charge in [-0.3, -0.25) is 0 Å². The summed E-state index contributed by atoms with van der Waals surface area (Å²) in [4.78, 5) is 12.0. The Kier molecular flexibility index (Phi) is 3.86. The fourth-order valence-corrected chi connectivity index (χ4v) is 3.42. The molecule has 0 spiro atoms. The highest BCUT2D eigenvalue weighted by Gasteiger charge is 2.24. The van der Waals surface area contributed by atoms with Crippen molar-refractivity contribution in [3.05, 3.63) is 73.1 Å². The number of nitrogens with one attached hydrogen (secondary N) is 1. The van der Waals surface area contributed by atoms with Crippen LogP contribution in [0, 0.1) is 0 Å². The van der Waals surface area contributed by atoms with Crippen LogP contribution in [-0.4, -0.2) is 26.3 Å². The van der Waals surface area contributed by atoms with E-state index in [1.54, 1.807) is 6.33 Å². The molecule has 6 heteroatoms. The molecule has 5 rings (SSSR count). The van der Waals surface area contributed by atoms with Crippen LogP contribution in [-0.2, 0) is 13.0 Å². The zero-order chi connectivity index (χ0) is 18.1. The number of H-pyrrole nitrogens is 1. The molecular formula is C21H18N4O2. The van der Waals surface area contributed by atoms with Gasteiger partial charge in [0, 0.05) is 36.0 Å². The van der Waals surface area contributed by atoms with Crippen LogP contribution in [0.4, 0.5) is 0 Å². The Bertz CT molecular complexity index is 1060. The summed E-state index contributed by atoms with van der Waals surface area (Å²) in [7, 11) is 0. The zero-order valence-corrected chi connectivity index (χ0v) is 14.6. The van der Waals surface area contributed by atoms with Gasteiger partial charge in [-0.1, -0.05) is 36.4 Å². The molecule has 0 amide bonds. The number of rotatable bonds is 5. The highest BCUT2D eigenvalue weighted by Crippen LogP contribution is 2.44. The molecular weight excluding hydrogens is 340 g/mol. The van der Waals surface area contributed by atoms with E-state index in [1.807, 2.05) is 42.9 Å². The second kappa shape index (κ2) is 6.64. The normalized spacial score (nSPS) is 12.4. The van der Waals surface area contributed by atoms with Crippen LogP contribution < -0.4 is 9.47 Å². The Labute approximate surface area is 156 Å². The summed E-state index contributed by atoms with van der Waals surface area (Å²) < 4.78 is 13.5. The van der Waals surface area contributed by atoms with E-state index in [0.717, 1.165) is 52.7 Å². The minimum absolute atomic E-state index is 0.245. The van der Waals surface area contributed by atoms with Gasteiger partial charge in [-0.05, 0) is 12.1 Å². The number of ether oxygens (including phenoxy) is 2. The predicted octanol–water partition coefficient (Wildman–Crippen LogP) is 3.91.